The van der Waals surface area contributed by atoms with Crippen molar-refractivity contribution in [3.8, 4) is 0 Å². The van der Waals surface area contributed by atoms with Crippen molar-refractivity contribution in [3.05, 3.63) is 92.2 Å². The standard InChI is InChI=1S/C122H212N6O19/c1-99(60-61-112-104(6)51-41-67-122(112,13)14)46-37-47-100(2)96-116(134)126-69-36-34-53-106(98-108(130)55-28-22-16-18-24-30-57-110-102(4)49-39-65-120(110,9)10)118(136)128-73-45-77-140-83-89-144-87-81-138-75-43-71-125-115(133)63-79-142-85-91-146-93-95-147-94-92-145-90-84-141-78-62-114(132)124-70-42-74-137-80-86-143-88-82-139-76-44-72-127-117(135)105(97-107(129)54-27-21-15-17-23-29-56-109-101(3)48-38-64-119(109,7)8)52-33-35-68-123-113(131)59-32-26-20-19-25-31-58-111-103(5)50-40-66-121(111,11)12/h37,46-47,60-61,96,105-106H,15-36,38-45,48-59,62-95,97-98H2,1-14H3,(H,123,131)(H,124,132)(H,125,133)(H,126,134)(H,127,135)(H,128,136)/b47-37+,61-60+,99-46+,100-96+/t105-,106-/m1/s1. The van der Waals surface area contributed by atoms with Gasteiger partial charge in [0, 0.05) is 129 Å². The van der Waals surface area contributed by atoms with Gasteiger partial charge >= 0.3 is 0 Å². The highest BCUT2D eigenvalue weighted by atomic mass is 16.6. The molecular weight excluding hydrogens is 1850 g/mol. The van der Waals surface area contributed by atoms with Crippen LogP contribution >= 0.6 is 0 Å². The molecule has 6 amide bonds. The third kappa shape index (κ3) is 67.7. The molecule has 4 aliphatic rings. The minimum atomic E-state index is -0.424. The zero-order valence-electron chi connectivity index (χ0n) is 95.5. The minimum absolute atomic E-state index is 0.0791. The molecule has 0 aromatic rings. The summed E-state index contributed by atoms with van der Waals surface area (Å²) in [6, 6.07) is 0. The number of unbranched alkanes of at least 4 members (excludes halogenated alkanes) is 17. The molecule has 25 nitrogen and oxygen atoms in total. The van der Waals surface area contributed by atoms with Crippen molar-refractivity contribution in [1.29, 1.82) is 0 Å². The van der Waals surface area contributed by atoms with Crippen molar-refractivity contribution in [1.82, 2.24) is 31.9 Å². The van der Waals surface area contributed by atoms with E-state index in [2.05, 4.69) is 140 Å². The molecule has 0 radical (unpaired) electrons. The van der Waals surface area contributed by atoms with Crippen molar-refractivity contribution in [2.24, 2.45) is 33.5 Å². The zero-order valence-corrected chi connectivity index (χ0v) is 95.5. The van der Waals surface area contributed by atoms with E-state index < -0.39 is 5.92 Å². The van der Waals surface area contributed by atoms with Gasteiger partial charge in [-0.05, 0) is 261 Å². The Morgan fingerprint density at radius 1 is 0.286 bits per heavy atom. The van der Waals surface area contributed by atoms with Gasteiger partial charge in [0.25, 0.3) is 0 Å². The Morgan fingerprint density at radius 3 is 0.918 bits per heavy atom. The number of carbonyl (C=O) groups excluding carboxylic acids is 8. The number of amides is 6. The van der Waals surface area contributed by atoms with Crippen LogP contribution in [0, 0.1) is 33.5 Å². The molecule has 0 spiro atoms. The molecule has 0 aromatic carbocycles. The zero-order chi connectivity index (χ0) is 107. The maximum Gasteiger partial charge on any atom is 0.244 e. The fourth-order valence-electron chi connectivity index (χ4n) is 21.0. The topological polar surface area (TPSA) is 310 Å². The van der Waals surface area contributed by atoms with Crippen molar-refractivity contribution in [2.45, 2.75) is 418 Å². The van der Waals surface area contributed by atoms with Crippen molar-refractivity contribution in [3.63, 3.8) is 0 Å². The van der Waals surface area contributed by atoms with Gasteiger partial charge in [-0.2, -0.15) is 0 Å². The van der Waals surface area contributed by atoms with E-state index in [4.69, 9.17) is 52.1 Å². The molecule has 6 N–H and O–H groups in total. The number of ketones is 2. The molecule has 0 saturated heterocycles. The van der Waals surface area contributed by atoms with Crippen LogP contribution in [0.4, 0.5) is 0 Å². The minimum Gasteiger partial charge on any atom is -0.379 e. The Balaban J connectivity index is 0.897. The van der Waals surface area contributed by atoms with Crippen LogP contribution in [0.5, 0.6) is 0 Å². The fraction of sp³-hybridized carbons (Fsp3) is 0.803. The van der Waals surface area contributed by atoms with Crippen LogP contribution < -0.4 is 31.9 Å². The Hall–Kier alpha value is -6.36. The Labute approximate surface area is 892 Å². The molecule has 2 atom stereocenters. The van der Waals surface area contributed by atoms with Crippen LogP contribution in [0.15, 0.2) is 92.2 Å². The van der Waals surface area contributed by atoms with Gasteiger partial charge in [0.1, 0.15) is 11.6 Å². The molecule has 0 aromatic heterocycles. The smallest absolute Gasteiger partial charge is 0.244 e. The molecule has 4 rings (SSSR count). The van der Waals surface area contributed by atoms with E-state index in [1.165, 1.54) is 165 Å². The predicted molar refractivity (Wildman–Crippen MR) is 597 cm³/mol. The van der Waals surface area contributed by atoms with E-state index in [0.717, 1.165) is 81.8 Å². The van der Waals surface area contributed by atoms with E-state index in [1.807, 2.05) is 19.1 Å². The van der Waals surface area contributed by atoms with E-state index in [-0.39, 0.29) is 90.6 Å². The number of allylic oxidation sites excluding steroid dienone is 15. The summed E-state index contributed by atoms with van der Waals surface area (Å²) in [6.07, 6.45) is 60.4. The molecule has 0 bridgehead atoms. The predicted octanol–water partition coefficient (Wildman–Crippen LogP) is 24.2. The third-order valence-electron chi connectivity index (χ3n) is 29.8. The molecular formula is C122H212N6O19. The highest BCUT2D eigenvalue weighted by Crippen LogP contribution is 2.46. The first-order valence-corrected chi connectivity index (χ1v) is 58.4. The lowest BCUT2D eigenvalue weighted by Gasteiger charge is -2.34. The van der Waals surface area contributed by atoms with E-state index in [9.17, 15) is 38.4 Å². The molecule has 0 aliphatic heterocycles. The largest absolute Gasteiger partial charge is 0.379 e. The molecule has 4 aliphatic carbocycles. The van der Waals surface area contributed by atoms with Crippen molar-refractivity contribution in [2.75, 3.05) is 185 Å². The van der Waals surface area contributed by atoms with Gasteiger partial charge in [0.05, 0.1) is 119 Å². The summed E-state index contributed by atoms with van der Waals surface area (Å²) in [5.41, 5.74) is 16.0. The average Bonchev–Trinajstić information content (AvgIpc) is 0.832. The first kappa shape index (κ1) is 133. The lowest BCUT2D eigenvalue weighted by atomic mass is 9.71. The quantitative estimate of drug-likeness (QED) is 0.0143. The van der Waals surface area contributed by atoms with Crippen molar-refractivity contribution >= 4 is 47.0 Å². The monoisotopic (exact) mass is 2070 g/mol. The average molecular weight is 2070 g/mol. The first-order chi connectivity index (χ1) is 70.9. The van der Waals surface area contributed by atoms with Crippen LogP contribution in [0.1, 0.15) is 418 Å². The van der Waals surface area contributed by atoms with Gasteiger partial charge in [0.2, 0.25) is 35.4 Å². The molecule has 0 heterocycles. The molecule has 0 fully saturated rings. The Bertz CT molecular complexity index is 3870. The van der Waals surface area contributed by atoms with Gasteiger partial charge in [-0.25, -0.2) is 0 Å². The number of nitrogens with one attached hydrogen (secondary N) is 6. The number of carbonyl (C=O) groups is 8. The molecule has 844 valence electrons. The number of hydrogen-bond donors (Lipinski definition) is 6. The van der Waals surface area contributed by atoms with Gasteiger partial charge in [-0.3, -0.25) is 38.4 Å². The summed E-state index contributed by atoms with van der Waals surface area (Å²) in [5.74, 6) is -0.924. The van der Waals surface area contributed by atoms with Crippen LogP contribution in [-0.4, -0.2) is 232 Å². The summed E-state index contributed by atoms with van der Waals surface area (Å²) in [4.78, 5) is 104. The van der Waals surface area contributed by atoms with Crippen LogP contribution in [-0.2, 0) is 90.5 Å². The second-order valence-electron chi connectivity index (χ2n) is 44.7. The molecule has 25 heteroatoms. The van der Waals surface area contributed by atoms with Gasteiger partial charge < -0.3 is 84.0 Å². The maximum absolute atomic E-state index is 13.6. The second kappa shape index (κ2) is 84.1. The lowest BCUT2D eigenvalue weighted by molar-refractivity contribution is -0.129. The van der Waals surface area contributed by atoms with E-state index >= 15 is 0 Å². The maximum atomic E-state index is 13.6. The lowest BCUT2D eigenvalue weighted by Crippen LogP contribution is -2.33. The number of rotatable bonds is 94. The fourth-order valence-corrected chi connectivity index (χ4v) is 21.0. The molecule has 0 saturated carbocycles. The van der Waals surface area contributed by atoms with Crippen molar-refractivity contribution < 1.29 is 90.5 Å². The first-order valence-electron chi connectivity index (χ1n) is 58.4. The van der Waals surface area contributed by atoms with Gasteiger partial charge in [-0.1, -0.05) is 220 Å². The van der Waals surface area contributed by atoms with Crippen LogP contribution in [0.2, 0.25) is 0 Å². The molecule has 147 heavy (non-hydrogen) atoms. The van der Waals surface area contributed by atoms with Gasteiger partial charge in [-0.15, -0.1) is 0 Å². The number of ether oxygens (including phenoxy) is 11. The summed E-state index contributed by atoms with van der Waals surface area (Å²) in [7, 11) is 0. The van der Waals surface area contributed by atoms with Crippen LogP contribution in [0.3, 0.4) is 0 Å². The molecule has 0 unspecified atom stereocenters. The SMILES string of the molecule is CC1=C(/C=C/C(C)=C/C=C/C(C)=C/C(=O)NCCCC[C@H](CC(=O)CCCCCCCCC2=C(C)CCCC2(C)C)C(=O)NCCCOCCOCCOCCCNC(=O)CCOCCOCCOCCOCCOCCC(=O)NCCCOCCOCCOCCCNC(=O)[C@H](CCCCNC(=O)CCCCCCCCC2=C(C)CCCC2(C)C)CC(=O)CCCCCCCCC2=C(C)CCCC2(C)C)C(C)(C)CCC1. The summed E-state index contributed by atoms with van der Waals surface area (Å²) < 4.78 is 62.2. The third-order valence-corrected chi connectivity index (χ3v) is 29.8. The highest BCUT2D eigenvalue weighted by Gasteiger charge is 2.32. The summed E-state index contributed by atoms with van der Waals surface area (Å²) in [5, 5.41) is 18.1. The highest BCUT2D eigenvalue weighted by molar-refractivity contribution is 5.89. The van der Waals surface area contributed by atoms with E-state index in [0.29, 0.717) is 265 Å². The second-order valence-corrected chi connectivity index (χ2v) is 44.7. The summed E-state index contributed by atoms with van der Waals surface area (Å²) >= 11 is 0. The van der Waals surface area contributed by atoms with Crippen LogP contribution in [0.25, 0.3) is 0 Å². The number of Topliss-reactive ketones (excluding diaryl/α,β-unsaturated/α-hetero) is 2. The normalized spacial score (nSPS) is 16.4. The van der Waals surface area contributed by atoms with E-state index in [1.54, 1.807) is 39.5 Å². The number of hydrogen-bond acceptors (Lipinski definition) is 19. The Kier molecular flexibility index (Phi) is 76.0. The summed E-state index contributed by atoms with van der Waals surface area (Å²) in [6.45, 7) is 44.3. The Morgan fingerprint density at radius 2 is 0.571 bits per heavy atom. The van der Waals surface area contributed by atoms with Gasteiger partial charge in [0.15, 0.2) is 0 Å².